The Bertz CT molecular complexity index is 482. The molecule has 1 heterocycles. The van der Waals surface area contributed by atoms with Gasteiger partial charge in [0.1, 0.15) is 5.75 Å². The highest BCUT2D eigenvalue weighted by molar-refractivity contribution is 5.37. The quantitative estimate of drug-likeness (QED) is 0.803. The summed E-state index contributed by atoms with van der Waals surface area (Å²) in [4.78, 5) is 0. The maximum atomic E-state index is 5.72. The molecular weight excluding hydrogens is 222 g/mol. The molecule has 0 aromatic heterocycles. The molecule has 0 spiro atoms. The molecule has 0 amide bonds. The lowest BCUT2D eigenvalue weighted by atomic mass is 9.71. The Balaban J connectivity index is 1.51. The molecule has 1 aromatic rings. The Labute approximate surface area is 108 Å². The average molecular weight is 241 g/mol. The highest BCUT2D eigenvalue weighted by atomic mass is 16.5. The second-order valence-electron chi connectivity index (χ2n) is 5.74. The molecule has 1 aliphatic heterocycles. The number of nitrogens with one attached hydrogen (secondary N) is 1. The normalized spacial score (nSPS) is 36.4. The van der Waals surface area contributed by atoms with Gasteiger partial charge >= 0.3 is 0 Å². The summed E-state index contributed by atoms with van der Waals surface area (Å²) in [5.41, 5.74) is 1.34. The van der Waals surface area contributed by atoms with Crippen molar-refractivity contribution < 1.29 is 4.74 Å². The number of allylic oxidation sites excluding steroid dienone is 1. The molecule has 4 rings (SSSR count). The van der Waals surface area contributed by atoms with Crippen LogP contribution >= 0.6 is 0 Å². The van der Waals surface area contributed by atoms with Gasteiger partial charge in [0, 0.05) is 24.1 Å². The topological polar surface area (TPSA) is 21.3 Å². The summed E-state index contributed by atoms with van der Waals surface area (Å²) in [5, 5.41) is 3.85. The summed E-state index contributed by atoms with van der Waals surface area (Å²) in [6, 6.07) is 9.62. The van der Waals surface area contributed by atoms with Gasteiger partial charge in [-0.25, -0.2) is 0 Å². The lowest BCUT2D eigenvalue weighted by Gasteiger charge is -2.43. The van der Waals surface area contributed by atoms with E-state index in [2.05, 4.69) is 41.7 Å². The van der Waals surface area contributed by atoms with Gasteiger partial charge in [-0.1, -0.05) is 30.4 Å². The first-order chi connectivity index (χ1) is 8.92. The predicted octanol–water partition coefficient (Wildman–Crippen LogP) is 3.06. The third kappa shape index (κ3) is 1.59. The van der Waals surface area contributed by atoms with Crippen molar-refractivity contribution in [1.82, 2.24) is 5.32 Å². The van der Waals surface area contributed by atoms with Crippen LogP contribution in [0, 0.1) is 11.8 Å². The molecule has 4 atom stereocenters. The van der Waals surface area contributed by atoms with E-state index in [0.29, 0.717) is 12.1 Å². The second-order valence-corrected chi connectivity index (χ2v) is 5.74. The third-order valence-corrected chi connectivity index (χ3v) is 4.74. The zero-order chi connectivity index (χ0) is 11.9. The Morgan fingerprint density at radius 2 is 2.17 bits per heavy atom. The van der Waals surface area contributed by atoms with Crippen LogP contribution in [0.4, 0.5) is 0 Å². The third-order valence-electron chi connectivity index (χ3n) is 4.74. The van der Waals surface area contributed by atoms with Crippen molar-refractivity contribution in [3.05, 3.63) is 42.0 Å². The molecule has 0 radical (unpaired) electrons. The molecule has 1 N–H and O–H groups in total. The fraction of sp³-hybridized carbons (Fsp3) is 0.500. The van der Waals surface area contributed by atoms with Crippen LogP contribution in [0.1, 0.15) is 30.9 Å². The number of hydrogen-bond acceptors (Lipinski definition) is 2. The summed E-state index contributed by atoms with van der Waals surface area (Å²) < 4.78 is 5.72. The van der Waals surface area contributed by atoms with Crippen molar-refractivity contribution in [3.8, 4) is 5.75 Å². The summed E-state index contributed by atoms with van der Waals surface area (Å²) in [6.07, 6.45) is 8.50. The zero-order valence-corrected chi connectivity index (χ0v) is 10.5. The van der Waals surface area contributed by atoms with Crippen molar-refractivity contribution in [2.45, 2.75) is 31.3 Å². The minimum atomic E-state index is 0.481. The lowest BCUT2D eigenvalue weighted by Crippen LogP contribution is -2.49. The number of para-hydroxylation sites is 1. The van der Waals surface area contributed by atoms with Crippen molar-refractivity contribution in [2.75, 3.05) is 6.61 Å². The van der Waals surface area contributed by atoms with E-state index in [-0.39, 0.29) is 0 Å². The van der Waals surface area contributed by atoms with Crippen molar-refractivity contribution in [3.63, 3.8) is 0 Å². The van der Waals surface area contributed by atoms with Crippen LogP contribution in [0.5, 0.6) is 5.75 Å². The highest BCUT2D eigenvalue weighted by Crippen LogP contribution is 2.44. The van der Waals surface area contributed by atoms with Crippen LogP contribution in [0.3, 0.4) is 0 Å². The van der Waals surface area contributed by atoms with E-state index in [1.165, 1.54) is 18.4 Å². The van der Waals surface area contributed by atoms with E-state index in [1.807, 2.05) is 0 Å². The summed E-state index contributed by atoms with van der Waals surface area (Å²) in [5.74, 6) is 2.79. The van der Waals surface area contributed by atoms with Gasteiger partial charge in [0.2, 0.25) is 0 Å². The number of ether oxygens (including phenoxy) is 1. The fourth-order valence-electron chi connectivity index (χ4n) is 3.68. The van der Waals surface area contributed by atoms with Crippen LogP contribution in [-0.4, -0.2) is 12.6 Å². The minimum Gasteiger partial charge on any atom is -0.493 e. The second kappa shape index (κ2) is 4.13. The molecule has 1 fully saturated rings. The summed E-state index contributed by atoms with van der Waals surface area (Å²) in [7, 11) is 0. The van der Waals surface area contributed by atoms with E-state index in [4.69, 9.17) is 4.74 Å². The van der Waals surface area contributed by atoms with Crippen LogP contribution in [0.15, 0.2) is 36.4 Å². The van der Waals surface area contributed by atoms with Crippen LogP contribution in [0.2, 0.25) is 0 Å². The smallest absolute Gasteiger partial charge is 0.124 e. The van der Waals surface area contributed by atoms with Crippen molar-refractivity contribution in [2.24, 2.45) is 11.8 Å². The molecule has 94 valence electrons. The molecule has 0 bridgehead atoms. The molecule has 1 saturated carbocycles. The molecule has 18 heavy (non-hydrogen) atoms. The van der Waals surface area contributed by atoms with E-state index in [0.717, 1.165) is 30.6 Å². The molecule has 1 aromatic carbocycles. The van der Waals surface area contributed by atoms with Gasteiger partial charge in [0.25, 0.3) is 0 Å². The fourth-order valence-corrected chi connectivity index (χ4v) is 3.68. The van der Waals surface area contributed by atoms with Crippen molar-refractivity contribution >= 4 is 0 Å². The maximum Gasteiger partial charge on any atom is 0.124 e. The SMILES string of the molecule is C1=CC2C(C1)CC2NC1CCOc2ccccc21. The van der Waals surface area contributed by atoms with Crippen LogP contribution < -0.4 is 10.1 Å². The maximum absolute atomic E-state index is 5.72. The average Bonchev–Trinajstić information content (AvgIpc) is 2.77. The first kappa shape index (κ1) is 10.6. The van der Waals surface area contributed by atoms with Gasteiger partial charge in [0.05, 0.1) is 6.61 Å². The number of fused-ring (bicyclic) bond motifs is 2. The Hall–Kier alpha value is -1.28. The summed E-state index contributed by atoms with van der Waals surface area (Å²) in [6.45, 7) is 0.839. The van der Waals surface area contributed by atoms with Crippen molar-refractivity contribution in [1.29, 1.82) is 0 Å². The van der Waals surface area contributed by atoms with E-state index >= 15 is 0 Å². The summed E-state index contributed by atoms with van der Waals surface area (Å²) >= 11 is 0. The van der Waals surface area contributed by atoms with Gasteiger partial charge < -0.3 is 10.1 Å². The molecule has 2 heteroatoms. The molecule has 2 aliphatic carbocycles. The number of hydrogen-bond donors (Lipinski definition) is 1. The lowest BCUT2D eigenvalue weighted by molar-refractivity contribution is 0.136. The Morgan fingerprint density at radius 3 is 3.11 bits per heavy atom. The molecule has 3 aliphatic rings. The monoisotopic (exact) mass is 241 g/mol. The Morgan fingerprint density at radius 1 is 1.22 bits per heavy atom. The largest absolute Gasteiger partial charge is 0.493 e. The van der Waals surface area contributed by atoms with Crippen LogP contribution in [0.25, 0.3) is 0 Å². The zero-order valence-electron chi connectivity index (χ0n) is 10.5. The van der Waals surface area contributed by atoms with E-state index < -0.39 is 0 Å². The van der Waals surface area contributed by atoms with Crippen LogP contribution in [-0.2, 0) is 0 Å². The molecular formula is C16H19NO. The number of rotatable bonds is 2. The predicted molar refractivity (Wildman–Crippen MR) is 71.6 cm³/mol. The van der Waals surface area contributed by atoms with E-state index in [9.17, 15) is 0 Å². The van der Waals surface area contributed by atoms with Gasteiger partial charge in [-0.15, -0.1) is 0 Å². The molecule has 0 saturated heterocycles. The Kier molecular flexibility index (Phi) is 2.44. The molecule has 4 unspecified atom stereocenters. The highest BCUT2D eigenvalue weighted by Gasteiger charge is 2.42. The number of benzene rings is 1. The standard InChI is InChI=1S/C16H19NO/c1-2-7-16-13(5-1)14(8-9-18-16)17-15-10-11-4-3-6-12(11)15/h1-3,5-7,11-12,14-15,17H,4,8-10H2. The molecule has 2 nitrogen and oxygen atoms in total. The van der Waals surface area contributed by atoms with Gasteiger partial charge in [0.15, 0.2) is 0 Å². The first-order valence-electron chi connectivity index (χ1n) is 7.06. The minimum absolute atomic E-state index is 0.481. The van der Waals surface area contributed by atoms with Gasteiger partial charge in [-0.05, 0) is 30.7 Å². The van der Waals surface area contributed by atoms with Gasteiger partial charge in [-0.2, -0.15) is 0 Å². The van der Waals surface area contributed by atoms with E-state index in [1.54, 1.807) is 0 Å². The van der Waals surface area contributed by atoms with Gasteiger partial charge in [-0.3, -0.25) is 0 Å². The first-order valence-corrected chi connectivity index (χ1v) is 7.06.